The topological polar surface area (TPSA) is 98.8 Å². The van der Waals surface area contributed by atoms with Gasteiger partial charge in [0.2, 0.25) is 0 Å². The van der Waals surface area contributed by atoms with Gasteiger partial charge in [-0.3, -0.25) is 4.90 Å². The van der Waals surface area contributed by atoms with Crippen molar-refractivity contribution in [1.29, 1.82) is 0 Å². The number of rotatable bonds is 5. The lowest BCUT2D eigenvalue weighted by molar-refractivity contribution is 0.0691. The van der Waals surface area contributed by atoms with Crippen LogP contribution in [0.25, 0.3) is 0 Å². The first-order valence-electron chi connectivity index (χ1n) is 12.4. The van der Waals surface area contributed by atoms with Gasteiger partial charge in [-0.2, -0.15) is 0 Å². The number of nitrogens with zero attached hydrogens (tertiary/aromatic N) is 5. The summed E-state index contributed by atoms with van der Waals surface area (Å²) < 4.78 is 0. The Bertz CT molecular complexity index is 929. The van der Waals surface area contributed by atoms with Gasteiger partial charge in [-0.05, 0) is 59.8 Å². The van der Waals surface area contributed by atoms with Crippen LogP contribution < -0.4 is 10.6 Å². The van der Waals surface area contributed by atoms with Gasteiger partial charge in [0, 0.05) is 36.8 Å². The van der Waals surface area contributed by atoms with E-state index in [1.807, 2.05) is 50.8 Å². The highest BCUT2D eigenvalue weighted by atomic mass is 35.5. The maximum Gasteiger partial charge on any atom is 0.358 e. The zero-order chi connectivity index (χ0) is 27.4. The smallest absolute Gasteiger partial charge is 0.358 e. The van der Waals surface area contributed by atoms with Crippen molar-refractivity contribution in [3.63, 3.8) is 0 Å². The van der Waals surface area contributed by atoms with Gasteiger partial charge in [0.1, 0.15) is 0 Å². The zero-order valence-electron chi connectivity index (χ0n) is 22.5. The standard InChI is InChI=1S/C16H25ClN6O2.C8H11Cl.C2H6/c1-10-9-22(7-8-23(10)11-3-5-21(2)6-4-11)15-13(17)19-12(16(24)25)14(18)20-15;1-4-8(9)6-5-7(2)3;1-2/h10-11H,3-9H2,1-2H3,(H2,18,20)(H,24,25);4-6H,2H2,1,3H3;1-2H3/b;6-5-,8-4+;. The Balaban J connectivity index is 0.000000500. The van der Waals surface area contributed by atoms with E-state index in [1.54, 1.807) is 0 Å². The van der Waals surface area contributed by atoms with Crippen LogP contribution in [-0.2, 0) is 0 Å². The van der Waals surface area contributed by atoms with Crippen LogP contribution in [0, 0.1) is 0 Å². The molecule has 1 atom stereocenters. The number of carbonyl (C=O) groups is 1. The molecule has 0 amide bonds. The Morgan fingerprint density at radius 2 is 1.78 bits per heavy atom. The molecule has 0 aliphatic carbocycles. The number of aromatic carboxylic acids is 1. The quantitative estimate of drug-likeness (QED) is 0.485. The predicted octanol–water partition coefficient (Wildman–Crippen LogP) is 5.30. The number of aromatic nitrogens is 2. The lowest BCUT2D eigenvalue weighted by Gasteiger charge is -2.46. The van der Waals surface area contributed by atoms with E-state index in [9.17, 15) is 4.79 Å². The summed E-state index contributed by atoms with van der Waals surface area (Å²) >= 11 is 11.8. The molecule has 2 aliphatic heterocycles. The molecule has 1 aromatic heterocycles. The molecular weight excluding hydrogens is 499 g/mol. The molecule has 3 N–H and O–H groups in total. The third-order valence-corrected chi connectivity index (χ3v) is 6.60. The molecule has 0 bridgehead atoms. The van der Waals surface area contributed by atoms with Crippen LogP contribution in [0.2, 0.25) is 5.15 Å². The van der Waals surface area contributed by atoms with Crippen molar-refractivity contribution < 1.29 is 9.90 Å². The molecule has 0 spiro atoms. The van der Waals surface area contributed by atoms with Crippen LogP contribution in [0.3, 0.4) is 0 Å². The summed E-state index contributed by atoms with van der Waals surface area (Å²) in [6, 6.07) is 0.981. The number of carboxylic acids is 1. The van der Waals surface area contributed by atoms with E-state index < -0.39 is 5.97 Å². The molecule has 0 aromatic carbocycles. The molecule has 3 heterocycles. The van der Waals surface area contributed by atoms with Gasteiger partial charge in [0.25, 0.3) is 0 Å². The van der Waals surface area contributed by atoms with Crippen LogP contribution in [0.4, 0.5) is 11.6 Å². The fraction of sp³-hybridized carbons (Fsp3) is 0.577. The van der Waals surface area contributed by atoms with E-state index in [-0.39, 0.29) is 16.7 Å². The summed E-state index contributed by atoms with van der Waals surface area (Å²) in [5.74, 6) is -0.852. The number of likely N-dealkylation sites (tertiary alicyclic amines) is 1. The molecule has 2 aliphatic rings. The van der Waals surface area contributed by atoms with Crippen LogP contribution in [0.1, 0.15) is 57.9 Å². The summed E-state index contributed by atoms with van der Waals surface area (Å²) in [6.45, 7) is 18.5. The largest absolute Gasteiger partial charge is 0.476 e. The van der Waals surface area contributed by atoms with Crippen molar-refractivity contribution in [2.75, 3.05) is 50.4 Å². The third kappa shape index (κ3) is 9.73. The van der Waals surface area contributed by atoms with Crippen LogP contribution in [0.15, 0.2) is 35.4 Å². The first-order chi connectivity index (χ1) is 17.0. The van der Waals surface area contributed by atoms with Gasteiger partial charge in [-0.15, -0.1) is 0 Å². The van der Waals surface area contributed by atoms with E-state index in [4.69, 9.17) is 34.0 Å². The maximum absolute atomic E-state index is 11.1. The number of allylic oxidation sites excluding steroid dienone is 5. The van der Waals surface area contributed by atoms with Crippen molar-refractivity contribution in [2.45, 2.75) is 59.5 Å². The second kappa shape index (κ2) is 15.9. The number of hydrogen-bond donors (Lipinski definition) is 2. The van der Waals surface area contributed by atoms with E-state index in [1.165, 1.54) is 12.8 Å². The number of piperazine rings is 1. The molecule has 36 heavy (non-hydrogen) atoms. The predicted molar refractivity (Wildman–Crippen MR) is 152 cm³/mol. The minimum Gasteiger partial charge on any atom is -0.476 e. The number of hydrogen-bond acceptors (Lipinski definition) is 7. The molecule has 0 radical (unpaired) electrons. The monoisotopic (exact) mass is 540 g/mol. The Hall–Kier alpha value is -2.13. The van der Waals surface area contributed by atoms with Crippen molar-refractivity contribution in [3.8, 4) is 0 Å². The van der Waals surface area contributed by atoms with Crippen molar-refractivity contribution in [3.05, 3.63) is 46.3 Å². The van der Waals surface area contributed by atoms with Gasteiger partial charge >= 0.3 is 5.97 Å². The normalized spacial score (nSPS) is 19.8. The fourth-order valence-electron chi connectivity index (χ4n) is 4.13. The summed E-state index contributed by atoms with van der Waals surface area (Å²) in [4.78, 5) is 26.2. The summed E-state index contributed by atoms with van der Waals surface area (Å²) in [7, 11) is 2.17. The minimum atomic E-state index is -1.22. The average Bonchev–Trinajstić information content (AvgIpc) is 2.85. The first-order valence-corrected chi connectivity index (χ1v) is 13.2. The van der Waals surface area contributed by atoms with E-state index >= 15 is 0 Å². The molecule has 2 saturated heterocycles. The summed E-state index contributed by atoms with van der Waals surface area (Å²) in [5.41, 5.74) is 6.44. The third-order valence-electron chi connectivity index (χ3n) is 6.00. The van der Waals surface area contributed by atoms with Crippen molar-refractivity contribution in [1.82, 2.24) is 19.8 Å². The summed E-state index contributed by atoms with van der Waals surface area (Å²) in [6.07, 6.45) is 7.93. The molecule has 1 unspecified atom stereocenters. The highest BCUT2D eigenvalue weighted by molar-refractivity contribution is 6.32. The number of nitrogen functional groups attached to an aromatic ring is 1. The molecule has 202 valence electrons. The Labute approximate surface area is 226 Å². The number of nitrogens with two attached hydrogens (primary N) is 1. The SMILES string of the molecule is C=C(C)/C=C\C(Cl)=C/C.CC.CC1CN(c2nc(N)c(C(=O)O)nc2Cl)CCN1C1CCN(C)CC1. The molecular formula is C26H42Cl2N6O2. The van der Waals surface area contributed by atoms with Gasteiger partial charge in [0.15, 0.2) is 22.5 Å². The van der Waals surface area contributed by atoms with Crippen LogP contribution >= 0.6 is 23.2 Å². The van der Waals surface area contributed by atoms with E-state index in [2.05, 4.69) is 40.3 Å². The fourth-order valence-corrected chi connectivity index (χ4v) is 4.44. The number of anilines is 2. The zero-order valence-corrected chi connectivity index (χ0v) is 24.0. The van der Waals surface area contributed by atoms with Crippen LogP contribution in [0.5, 0.6) is 0 Å². The Kier molecular flexibility index (Phi) is 14.1. The number of carboxylic acid groups (broad SMARTS) is 1. The molecule has 10 heteroatoms. The van der Waals surface area contributed by atoms with Crippen molar-refractivity contribution in [2.24, 2.45) is 0 Å². The Morgan fingerprint density at radius 3 is 2.28 bits per heavy atom. The summed E-state index contributed by atoms with van der Waals surface area (Å²) in [5, 5.41) is 9.90. The highest BCUT2D eigenvalue weighted by Gasteiger charge is 2.32. The second-order valence-electron chi connectivity index (χ2n) is 8.80. The van der Waals surface area contributed by atoms with E-state index in [0.29, 0.717) is 17.9 Å². The molecule has 1 aromatic rings. The molecule has 3 rings (SSSR count). The highest BCUT2D eigenvalue weighted by Crippen LogP contribution is 2.28. The first kappa shape index (κ1) is 31.9. The lowest BCUT2D eigenvalue weighted by atomic mass is 10.0. The van der Waals surface area contributed by atoms with Crippen molar-refractivity contribution >= 4 is 40.8 Å². The molecule has 8 nitrogen and oxygen atoms in total. The lowest BCUT2D eigenvalue weighted by Crippen LogP contribution is -2.57. The second-order valence-corrected chi connectivity index (χ2v) is 9.59. The average molecular weight is 542 g/mol. The Morgan fingerprint density at radius 1 is 1.17 bits per heavy atom. The van der Waals surface area contributed by atoms with Gasteiger partial charge in [-0.25, -0.2) is 14.8 Å². The minimum absolute atomic E-state index is 0.0894. The van der Waals surface area contributed by atoms with Crippen LogP contribution in [-0.4, -0.2) is 82.7 Å². The number of piperidine rings is 1. The van der Waals surface area contributed by atoms with E-state index in [0.717, 1.165) is 43.3 Å². The number of halogens is 2. The molecule has 0 saturated carbocycles. The van der Waals surface area contributed by atoms with Gasteiger partial charge < -0.3 is 20.6 Å². The van der Waals surface area contributed by atoms with Gasteiger partial charge in [0.05, 0.1) is 0 Å². The maximum atomic E-state index is 11.1. The van der Waals surface area contributed by atoms with Gasteiger partial charge in [-0.1, -0.05) is 61.4 Å². The molecule has 2 fully saturated rings.